The number of aromatic hydroxyl groups is 1. The lowest BCUT2D eigenvalue weighted by molar-refractivity contribution is 0.441. The van der Waals surface area contributed by atoms with Gasteiger partial charge in [-0.15, -0.1) is 0 Å². The fourth-order valence-corrected chi connectivity index (χ4v) is 1.60. The second-order valence-corrected chi connectivity index (χ2v) is 3.56. The minimum atomic E-state index is -0.398. The van der Waals surface area contributed by atoms with Gasteiger partial charge in [0.15, 0.2) is 0 Å². The van der Waals surface area contributed by atoms with Gasteiger partial charge in [0, 0.05) is 0 Å². The molecule has 2 aromatic rings. The molecule has 0 aliphatic heterocycles. The molecule has 2 rings (SSSR count). The predicted molar refractivity (Wildman–Crippen MR) is 62.4 cm³/mol. The molecule has 17 heavy (non-hydrogen) atoms. The summed E-state index contributed by atoms with van der Waals surface area (Å²) in [6.07, 6.45) is 1.80. The molecule has 0 fully saturated rings. The van der Waals surface area contributed by atoms with E-state index in [4.69, 9.17) is 0 Å². The highest BCUT2D eigenvalue weighted by atomic mass is 16.3. The number of H-pyrrole nitrogens is 1. The summed E-state index contributed by atoms with van der Waals surface area (Å²) in [5.41, 5.74) is 1.12. The smallest absolute Gasteiger partial charge is 0.333 e. The Balaban J connectivity index is 2.29. The molecule has 0 aliphatic carbocycles. The molecule has 0 bridgehead atoms. The lowest BCUT2D eigenvalue weighted by Gasteiger charge is -2.04. The third-order valence-corrected chi connectivity index (χ3v) is 2.44. The summed E-state index contributed by atoms with van der Waals surface area (Å²) in [7, 11) is 0. The van der Waals surface area contributed by atoms with Gasteiger partial charge in [0.05, 0.1) is 18.4 Å². The Hall–Kier alpha value is -2.37. The SMILES string of the molecule is O=NCCc1ccc(-n2c(O)c[nH]c2=O)cc1. The molecule has 88 valence electrons. The van der Waals surface area contributed by atoms with Gasteiger partial charge in [-0.25, -0.2) is 9.36 Å². The molecular formula is C11H11N3O3. The van der Waals surface area contributed by atoms with Gasteiger partial charge in [-0.05, 0) is 24.1 Å². The monoisotopic (exact) mass is 233 g/mol. The van der Waals surface area contributed by atoms with E-state index in [0.717, 1.165) is 10.1 Å². The number of nitrogens with one attached hydrogen (secondary N) is 1. The number of hydrogen-bond acceptors (Lipinski definition) is 4. The van der Waals surface area contributed by atoms with E-state index in [1.54, 1.807) is 24.3 Å². The molecule has 1 heterocycles. The summed E-state index contributed by atoms with van der Waals surface area (Å²) in [5.74, 6) is -0.141. The van der Waals surface area contributed by atoms with Gasteiger partial charge in [-0.2, -0.15) is 4.91 Å². The van der Waals surface area contributed by atoms with Crippen LogP contribution >= 0.6 is 0 Å². The molecular weight excluding hydrogens is 222 g/mol. The van der Waals surface area contributed by atoms with Crippen LogP contribution in [0.1, 0.15) is 5.56 Å². The van der Waals surface area contributed by atoms with E-state index in [1.807, 2.05) is 0 Å². The van der Waals surface area contributed by atoms with Gasteiger partial charge in [0.1, 0.15) is 0 Å². The minimum absolute atomic E-state index is 0.141. The van der Waals surface area contributed by atoms with Crippen molar-refractivity contribution in [2.24, 2.45) is 5.18 Å². The lowest BCUT2D eigenvalue weighted by Crippen LogP contribution is -2.14. The fraction of sp³-hybridized carbons (Fsp3) is 0.182. The van der Waals surface area contributed by atoms with Crippen molar-refractivity contribution >= 4 is 0 Å². The van der Waals surface area contributed by atoms with Crippen molar-refractivity contribution in [3.05, 3.63) is 51.4 Å². The third kappa shape index (κ3) is 2.25. The van der Waals surface area contributed by atoms with Gasteiger partial charge in [0.25, 0.3) is 0 Å². The number of aromatic nitrogens is 2. The van der Waals surface area contributed by atoms with E-state index in [2.05, 4.69) is 10.2 Å². The van der Waals surface area contributed by atoms with Crippen LogP contribution in [0.5, 0.6) is 5.88 Å². The summed E-state index contributed by atoms with van der Waals surface area (Å²) in [6, 6.07) is 6.99. The van der Waals surface area contributed by atoms with Crippen LogP contribution in [0.2, 0.25) is 0 Å². The molecule has 0 saturated carbocycles. The van der Waals surface area contributed by atoms with E-state index in [1.165, 1.54) is 6.20 Å². The average molecular weight is 233 g/mol. The van der Waals surface area contributed by atoms with Crippen molar-refractivity contribution in [1.29, 1.82) is 0 Å². The Labute approximate surface area is 96.5 Å². The molecule has 1 aromatic heterocycles. The summed E-state index contributed by atoms with van der Waals surface area (Å²) in [4.78, 5) is 23.8. The number of aromatic amines is 1. The highest BCUT2D eigenvalue weighted by Gasteiger charge is 2.06. The van der Waals surface area contributed by atoms with E-state index in [9.17, 15) is 14.8 Å². The number of benzene rings is 1. The van der Waals surface area contributed by atoms with Crippen LogP contribution in [0.3, 0.4) is 0 Å². The predicted octanol–water partition coefficient (Wildman–Crippen LogP) is 1.18. The zero-order valence-corrected chi connectivity index (χ0v) is 8.96. The number of nitrogens with zero attached hydrogens (tertiary/aromatic N) is 2. The number of hydrogen-bond donors (Lipinski definition) is 2. The first kappa shape index (κ1) is 11.1. The Kier molecular flexibility index (Phi) is 3.04. The van der Waals surface area contributed by atoms with Crippen molar-refractivity contribution in [3.63, 3.8) is 0 Å². The third-order valence-electron chi connectivity index (χ3n) is 2.44. The largest absolute Gasteiger partial charge is 0.493 e. The molecule has 0 amide bonds. The van der Waals surface area contributed by atoms with Crippen LogP contribution < -0.4 is 5.69 Å². The molecule has 0 unspecified atom stereocenters. The van der Waals surface area contributed by atoms with Crippen molar-refractivity contribution in [1.82, 2.24) is 9.55 Å². The van der Waals surface area contributed by atoms with Gasteiger partial charge < -0.3 is 10.1 Å². The van der Waals surface area contributed by atoms with Crippen LogP contribution in [0, 0.1) is 4.91 Å². The first-order valence-corrected chi connectivity index (χ1v) is 5.10. The molecule has 0 saturated heterocycles. The molecule has 0 radical (unpaired) electrons. The van der Waals surface area contributed by atoms with Crippen LogP contribution in [-0.4, -0.2) is 21.2 Å². The molecule has 0 atom stereocenters. The molecule has 0 spiro atoms. The zero-order chi connectivity index (χ0) is 12.3. The summed E-state index contributed by atoms with van der Waals surface area (Å²) in [6.45, 7) is 0.231. The molecule has 2 N–H and O–H groups in total. The van der Waals surface area contributed by atoms with Crippen molar-refractivity contribution in [3.8, 4) is 11.6 Å². The fourth-order valence-electron chi connectivity index (χ4n) is 1.60. The highest BCUT2D eigenvalue weighted by Crippen LogP contribution is 2.14. The Morgan fingerprint density at radius 3 is 2.53 bits per heavy atom. The zero-order valence-electron chi connectivity index (χ0n) is 8.96. The van der Waals surface area contributed by atoms with E-state index >= 15 is 0 Å². The molecule has 0 aliphatic rings. The highest BCUT2D eigenvalue weighted by molar-refractivity contribution is 5.37. The second kappa shape index (κ2) is 4.65. The first-order chi connectivity index (χ1) is 8.22. The summed E-state index contributed by atoms with van der Waals surface area (Å²) >= 11 is 0. The van der Waals surface area contributed by atoms with Crippen molar-refractivity contribution < 1.29 is 5.11 Å². The quantitative estimate of drug-likeness (QED) is 0.777. The van der Waals surface area contributed by atoms with Gasteiger partial charge in [-0.3, -0.25) is 0 Å². The van der Waals surface area contributed by atoms with Crippen LogP contribution in [-0.2, 0) is 6.42 Å². The first-order valence-electron chi connectivity index (χ1n) is 5.10. The van der Waals surface area contributed by atoms with Crippen LogP contribution in [0.4, 0.5) is 0 Å². The Morgan fingerprint density at radius 2 is 2.00 bits per heavy atom. The standard InChI is InChI=1S/C11H11N3O3/c15-10-7-12-11(16)14(10)9-3-1-8(2-4-9)5-6-13-17/h1-4,7,15H,5-6H2,(H,12,16). The average Bonchev–Trinajstić information content (AvgIpc) is 2.67. The minimum Gasteiger partial charge on any atom is -0.493 e. The topological polar surface area (TPSA) is 87.4 Å². The second-order valence-electron chi connectivity index (χ2n) is 3.56. The molecule has 1 aromatic carbocycles. The Bertz CT molecular complexity index is 568. The lowest BCUT2D eigenvalue weighted by atomic mass is 10.1. The molecule has 6 heteroatoms. The number of imidazole rings is 1. The Morgan fingerprint density at radius 1 is 1.29 bits per heavy atom. The van der Waals surface area contributed by atoms with E-state index in [-0.39, 0.29) is 12.4 Å². The van der Waals surface area contributed by atoms with Crippen molar-refractivity contribution in [2.45, 2.75) is 6.42 Å². The maximum Gasteiger partial charge on any atom is 0.333 e. The summed E-state index contributed by atoms with van der Waals surface area (Å²) in [5, 5.41) is 12.3. The van der Waals surface area contributed by atoms with Crippen LogP contribution in [0.25, 0.3) is 5.69 Å². The van der Waals surface area contributed by atoms with Crippen molar-refractivity contribution in [2.75, 3.05) is 6.54 Å². The molecule has 6 nitrogen and oxygen atoms in total. The van der Waals surface area contributed by atoms with E-state index < -0.39 is 5.69 Å². The van der Waals surface area contributed by atoms with Gasteiger partial charge in [-0.1, -0.05) is 17.3 Å². The maximum absolute atomic E-state index is 11.4. The number of rotatable bonds is 4. The van der Waals surface area contributed by atoms with Gasteiger partial charge >= 0.3 is 5.69 Å². The maximum atomic E-state index is 11.4. The van der Waals surface area contributed by atoms with Gasteiger partial charge in [0.2, 0.25) is 5.88 Å². The summed E-state index contributed by atoms with van der Waals surface area (Å²) < 4.78 is 1.15. The van der Waals surface area contributed by atoms with Crippen LogP contribution in [0.15, 0.2) is 40.4 Å². The normalized spacial score (nSPS) is 10.4. The number of nitroso groups, excluding NO2 is 1. The van der Waals surface area contributed by atoms with E-state index in [0.29, 0.717) is 12.1 Å².